The first-order chi connectivity index (χ1) is 14.8. The molecular formula is C23H28N4O3. The minimum Gasteiger partial charge on any atom is -0.492 e. The monoisotopic (exact) mass is 408 g/mol. The van der Waals surface area contributed by atoms with Crippen LogP contribution in [0.4, 0.5) is 5.69 Å². The summed E-state index contributed by atoms with van der Waals surface area (Å²) < 4.78 is 17.8. The molecule has 0 saturated carbocycles. The molecule has 4 bridgehead atoms. The molecule has 0 amide bonds. The van der Waals surface area contributed by atoms with Crippen molar-refractivity contribution in [3.63, 3.8) is 0 Å². The molecule has 7 heteroatoms. The maximum atomic E-state index is 6.16. The third-order valence-corrected chi connectivity index (χ3v) is 5.69. The van der Waals surface area contributed by atoms with Gasteiger partial charge in [-0.2, -0.15) is 5.10 Å². The molecule has 2 aliphatic heterocycles. The second-order valence-electron chi connectivity index (χ2n) is 7.91. The van der Waals surface area contributed by atoms with Crippen molar-refractivity contribution < 1.29 is 14.2 Å². The molecule has 0 aliphatic carbocycles. The van der Waals surface area contributed by atoms with E-state index in [-0.39, 0.29) is 6.10 Å². The Morgan fingerprint density at radius 1 is 1.00 bits per heavy atom. The van der Waals surface area contributed by atoms with Crippen molar-refractivity contribution in [3.8, 4) is 22.8 Å². The number of nitrogens with zero attached hydrogens (tertiary/aromatic N) is 2. The maximum absolute atomic E-state index is 6.16. The van der Waals surface area contributed by atoms with Crippen LogP contribution < -0.4 is 19.7 Å². The Kier molecular flexibility index (Phi) is 5.46. The minimum atomic E-state index is 0.130. The Bertz CT molecular complexity index is 1010. The third-order valence-electron chi connectivity index (χ3n) is 5.69. The van der Waals surface area contributed by atoms with Gasteiger partial charge in [-0.3, -0.25) is 5.10 Å². The van der Waals surface area contributed by atoms with Crippen molar-refractivity contribution in [1.29, 1.82) is 0 Å². The van der Waals surface area contributed by atoms with Gasteiger partial charge in [-0.15, -0.1) is 0 Å². The number of nitrogens with one attached hydrogen (secondary N) is 2. The Labute approximate surface area is 176 Å². The lowest BCUT2D eigenvalue weighted by atomic mass is 10.1. The van der Waals surface area contributed by atoms with Gasteiger partial charge in [0.1, 0.15) is 23.8 Å². The summed E-state index contributed by atoms with van der Waals surface area (Å²) >= 11 is 0. The summed E-state index contributed by atoms with van der Waals surface area (Å²) in [6, 6.07) is 12.5. The van der Waals surface area contributed by atoms with Crippen LogP contribution in [0.1, 0.15) is 13.3 Å². The molecule has 7 nitrogen and oxygen atoms in total. The van der Waals surface area contributed by atoms with Crippen LogP contribution in [0.2, 0.25) is 0 Å². The second kappa shape index (κ2) is 8.53. The number of benzene rings is 2. The zero-order chi connectivity index (χ0) is 20.3. The summed E-state index contributed by atoms with van der Waals surface area (Å²) in [6.45, 7) is 7.65. The number of anilines is 1. The van der Waals surface area contributed by atoms with E-state index in [2.05, 4.69) is 51.6 Å². The molecule has 2 aromatic carbocycles. The van der Waals surface area contributed by atoms with Gasteiger partial charge in [0.15, 0.2) is 0 Å². The summed E-state index contributed by atoms with van der Waals surface area (Å²) in [5.74, 6) is 1.73. The molecule has 0 unspecified atom stereocenters. The minimum absolute atomic E-state index is 0.130. The van der Waals surface area contributed by atoms with Crippen molar-refractivity contribution in [3.05, 3.63) is 36.4 Å². The number of hydrogen-bond acceptors (Lipinski definition) is 6. The molecule has 158 valence electrons. The predicted octanol–water partition coefficient (Wildman–Crippen LogP) is 3.21. The fraction of sp³-hybridized carbons (Fsp3) is 0.435. The zero-order valence-electron chi connectivity index (χ0n) is 17.3. The maximum Gasteiger partial charge on any atom is 0.122 e. The highest BCUT2D eigenvalue weighted by molar-refractivity contribution is 5.94. The number of aromatic nitrogens is 2. The smallest absolute Gasteiger partial charge is 0.122 e. The summed E-state index contributed by atoms with van der Waals surface area (Å²) in [5.41, 5.74) is 4.08. The average molecular weight is 409 g/mol. The molecule has 1 aromatic heterocycles. The van der Waals surface area contributed by atoms with Crippen LogP contribution in [0.3, 0.4) is 0 Å². The van der Waals surface area contributed by atoms with E-state index in [9.17, 15) is 0 Å². The molecule has 5 rings (SSSR count). The van der Waals surface area contributed by atoms with Crippen molar-refractivity contribution in [2.24, 2.45) is 0 Å². The van der Waals surface area contributed by atoms with Crippen LogP contribution in [-0.4, -0.2) is 62.3 Å². The summed E-state index contributed by atoms with van der Waals surface area (Å²) in [4.78, 5) is 2.34. The summed E-state index contributed by atoms with van der Waals surface area (Å²) in [6.07, 6.45) is 1.07. The molecule has 2 aliphatic rings. The fourth-order valence-electron chi connectivity index (χ4n) is 4.06. The Morgan fingerprint density at radius 3 is 2.80 bits per heavy atom. The third kappa shape index (κ3) is 4.08. The highest BCUT2D eigenvalue weighted by atomic mass is 16.5. The quantitative estimate of drug-likeness (QED) is 0.644. The van der Waals surface area contributed by atoms with E-state index in [1.165, 1.54) is 0 Å². The number of morpholine rings is 1. The lowest BCUT2D eigenvalue weighted by Gasteiger charge is -2.29. The van der Waals surface area contributed by atoms with Gasteiger partial charge in [0, 0.05) is 42.3 Å². The Hall–Kier alpha value is -2.77. The Morgan fingerprint density at radius 2 is 1.90 bits per heavy atom. The highest BCUT2D eigenvalue weighted by Crippen LogP contribution is 2.35. The van der Waals surface area contributed by atoms with E-state index in [1.807, 2.05) is 12.1 Å². The first-order valence-corrected chi connectivity index (χ1v) is 10.7. The van der Waals surface area contributed by atoms with E-state index < -0.39 is 0 Å². The first kappa shape index (κ1) is 19.2. The van der Waals surface area contributed by atoms with Crippen LogP contribution in [0.25, 0.3) is 22.2 Å². The largest absolute Gasteiger partial charge is 0.492 e. The van der Waals surface area contributed by atoms with Gasteiger partial charge in [-0.05, 0) is 50.2 Å². The number of H-pyrrole nitrogens is 1. The van der Waals surface area contributed by atoms with Gasteiger partial charge >= 0.3 is 0 Å². The lowest BCUT2D eigenvalue weighted by molar-refractivity contribution is 0.122. The summed E-state index contributed by atoms with van der Waals surface area (Å²) in [7, 11) is 0. The highest BCUT2D eigenvalue weighted by Gasteiger charge is 2.17. The van der Waals surface area contributed by atoms with Gasteiger partial charge in [0.25, 0.3) is 0 Å². The predicted molar refractivity (Wildman–Crippen MR) is 118 cm³/mol. The number of rotatable bonds is 1. The first-order valence-electron chi connectivity index (χ1n) is 10.7. The summed E-state index contributed by atoms with van der Waals surface area (Å²) in [5, 5.41) is 12.3. The number of ether oxygens (including phenoxy) is 3. The van der Waals surface area contributed by atoms with Crippen LogP contribution in [0.15, 0.2) is 36.4 Å². The lowest BCUT2D eigenvalue weighted by Crippen LogP contribution is -2.36. The molecule has 1 saturated heterocycles. The fourth-order valence-corrected chi connectivity index (χ4v) is 4.06. The van der Waals surface area contributed by atoms with Crippen LogP contribution in [0, 0.1) is 0 Å². The van der Waals surface area contributed by atoms with Crippen molar-refractivity contribution in [2.75, 3.05) is 50.9 Å². The zero-order valence-corrected chi connectivity index (χ0v) is 17.3. The van der Waals surface area contributed by atoms with Gasteiger partial charge in [0.05, 0.1) is 24.8 Å². The van der Waals surface area contributed by atoms with E-state index >= 15 is 0 Å². The van der Waals surface area contributed by atoms with Gasteiger partial charge in [-0.25, -0.2) is 0 Å². The van der Waals surface area contributed by atoms with Crippen molar-refractivity contribution in [2.45, 2.75) is 19.4 Å². The van der Waals surface area contributed by atoms with Gasteiger partial charge in [-0.1, -0.05) is 0 Å². The number of aromatic amines is 1. The molecule has 3 heterocycles. The van der Waals surface area contributed by atoms with E-state index in [0.717, 1.165) is 85.2 Å². The molecule has 2 N–H and O–H groups in total. The van der Waals surface area contributed by atoms with E-state index in [0.29, 0.717) is 6.61 Å². The SMILES string of the molecule is C[C@@H]1CCNCCOc2cc(cc(N3CCOCC3)c2)-c2n[nH]c3ccc(cc23)O1. The molecule has 0 radical (unpaired) electrons. The van der Waals surface area contributed by atoms with Crippen LogP contribution in [0.5, 0.6) is 11.5 Å². The topological polar surface area (TPSA) is 71.6 Å². The van der Waals surface area contributed by atoms with E-state index in [4.69, 9.17) is 14.2 Å². The van der Waals surface area contributed by atoms with Crippen molar-refractivity contribution in [1.82, 2.24) is 15.5 Å². The molecule has 1 atom stereocenters. The van der Waals surface area contributed by atoms with Crippen LogP contribution >= 0.6 is 0 Å². The normalized spacial score (nSPS) is 20.3. The van der Waals surface area contributed by atoms with Gasteiger partial charge in [0.2, 0.25) is 0 Å². The number of fused-ring (bicyclic) bond motifs is 4. The molecule has 3 aromatic rings. The molecular weight excluding hydrogens is 380 g/mol. The molecule has 1 fully saturated rings. The second-order valence-corrected chi connectivity index (χ2v) is 7.91. The van der Waals surface area contributed by atoms with E-state index in [1.54, 1.807) is 0 Å². The van der Waals surface area contributed by atoms with Gasteiger partial charge < -0.3 is 24.4 Å². The Balaban J connectivity index is 1.59. The molecule has 0 spiro atoms. The van der Waals surface area contributed by atoms with Crippen molar-refractivity contribution >= 4 is 16.6 Å². The molecule has 30 heavy (non-hydrogen) atoms. The standard InChI is InChI=1S/C23H28N4O3/c1-16-4-5-24-6-9-29-20-13-17(12-18(14-20)27-7-10-28-11-8-27)23-21-15-19(30-16)2-3-22(21)25-26-23/h2-3,12-16,24H,4-11H2,1H3,(H,25,26)/t16-/m1/s1. The van der Waals surface area contributed by atoms with Crippen LogP contribution in [-0.2, 0) is 4.74 Å². The number of hydrogen-bond donors (Lipinski definition) is 2. The average Bonchev–Trinajstić information content (AvgIpc) is 3.19.